The van der Waals surface area contributed by atoms with E-state index in [0.717, 1.165) is 11.1 Å². The fourth-order valence-corrected chi connectivity index (χ4v) is 3.54. The van der Waals surface area contributed by atoms with E-state index in [0.29, 0.717) is 17.3 Å². The summed E-state index contributed by atoms with van der Waals surface area (Å²) in [5.74, 6) is -1.20. The van der Waals surface area contributed by atoms with E-state index in [2.05, 4.69) is 25.5 Å². The molecular weight excluding hydrogens is 358 g/mol. The highest BCUT2D eigenvalue weighted by molar-refractivity contribution is 5.99. The average Bonchev–Trinajstić information content (AvgIpc) is 3.03. The maximum absolute atomic E-state index is 12.4. The molecule has 0 radical (unpaired) electrons. The van der Waals surface area contributed by atoms with Gasteiger partial charge in [0.1, 0.15) is 0 Å². The van der Waals surface area contributed by atoms with Crippen molar-refractivity contribution in [3.63, 3.8) is 0 Å². The van der Waals surface area contributed by atoms with Crippen LogP contribution in [0, 0.1) is 17.3 Å². The summed E-state index contributed by atoms with van der Waals surface area (Å²) in [6.45, 7) is 3.59. The minimum Gasteiger partial charge on any atom is -0.481 e. The van der Waals surface area contributed by atoms with Crippen LogP contribution < -0.4 is 5.32 Å². The molecule has 1 aromatic carbocycles. The first-order chi connectivity index (χ1) is 13.4. The van der Waals surface area contributed by atoms with Crippen molar-refractivity contribution in [3.05, 3.63) is 48.8 Å². The summed E-state index contributed by atoms with van der Waals surface area (Å²) in [6.07, 6.45) is 3.37. The Balaban J connectivity index is 1.46. The van der Waals surface area contributed by atoms with E-state index in [-0.39, 0.29) is 5.91 Å². The molecule has 142 valence electrons. The summed E-state index contributed by atoms with van der Waals surface area (Å²) in [4.78, 5) is 32.1. The maximum Gasteiger partial charge on any atom is 0.307 e. The third-order valence-electron chi connectivity index (χ3n) is 5.23. The molecule has 2 heterocycles. The number of H-pyrrole nitrogens is 1. The molecule has 3 N–H and O–H groups in total. The number of carbonyl (C=O) groups is 2. The summed E-state index contributed by atoms with van der Waals surface area (Å²) in [7, 11) is 0. The summed E-state index contributed by atoms with van der Waals surface area (Å²) in [6, 6.07) is 10.8. The number of nitrogens with zero attached hydrogens (tertiary/aromatic N) is 3. The van der Waals surface area contributed by atoms with Crippen molar-refractivity contribution in [2.75, 3.05) is 5.32 Å². The lowest BCUT2D eigenvalue weighted by molar-refractivity contribution is -0.140. The van der Waals surface area contributed by atoms with Crippen LogP contribution in [0.25, 0.3) is 22.8 Å². The molecule has 3 aromatic rings. The van der Waals surface area contributed by atoms with Gasteiger partial charge in [-0.15, -0.1) is 0 Å². The molecule has 0 spiro atoms. The smallest absolute Gasteiger partial charge is 0.307 e. The lowest BCUT2D eigenvalue weighted by atomic mass is 10.1. The number of nitrogens with one attached hydrogen (secondary N) is 2. The number of aromatic amines is 1. The summed E-state index contributed by atoms with van der Waals surface area (Å²) >= 11 is 0. The van der Waals surface area contributed by atoms with Crippen LogP contribution in [0.15, 0.2) is 48.8 Å². The Morgan fingerprint density at radius 3 is 2.32 bits per heavy atom. The third-order valence-corrected chi connectivity index (χ3v) is 5.23. The van der Waals surface area contributed by atoms with Crippen LogP contribution in [0.3, 0.4) is 0 Å². The standard InChI is InChI=1S/C20H19N5O3/c1-20(2)14(15(20)19(27)28)18(26)22-13-5-3-11(4-6-13)16-23-17(25-24-16)12-7-9-21-10-8-12/h3-10,14-15H,1-2H3,(H,22,26)(H,27,28)(H,23,24,25)/t14-,15-/m1/s1. The topological polar surface area (TPSA) is 121 Å². The molecule has 8 nitrogen and oxygen atoms in total. The van der Waals surface area contributed by atoms with Crippen molar-refractivity contribution in [2.45, 2.75) is 13.8 Å². The third kappa shape index (κ3) is 3.13. The Morgan fingerprint density at radius 2 is 1.71 bits per heavy atom. The monoisotopic (exact) mass is 377 g/mol. The molecule has 1 aliphatic rings. The highest BCUT2D eigenvalue weighted by atomic mass is 16.4. The van der Waals surface area contributed by atoms with E-state index < -0.39 is 23.2 Å². The molecule has 0 aliphatic heterocycles. The maximum atomic E-state index is 12.4. The lowest BCUT2D eigenvalue weighted by Gasteiger charge is -2.06. The van der Waals surface area contributed by atoms with Gasteiger partial charge in [-0.3, -0.25) is 19.7 Å². The van der Waals surface area contributed by atoms with Gasteiger partial charge in [-0.05, 0) is 41.8 Å². The van der Waals surface area contributed by atoms with E-state index in [1.807, 2.05) is 24.3 Å². The summed E-state index contributed by atoms with van der Waals surface area (Å²) in [5.41, 5.74) is 1.76. The predicted octanol–water partition coefficient (Wildman–Crippen LogP) is 2.83. The summed E-state index contributed by atoms with van der Waals surface area (Å²) < 4.78 is 0. The quantitative estimate of drug-likeness (QED) is 0.629. The van der Waals surface area contributed by atoms with Crippen LogP contribution in [-0.2, 0) is 9.59 Å². The van der Waals surface area contributed by atoms with Crippen LogP contribution >= 0.6 is 0 Å². The molecule has 0 bridgehead atoms. The Labute approximate surface area is 161 Å². The zero-order valence-electron chi connectivity index (χ0n) is 15.4. The number of carbonyl (C=O) groups excluding carboxylic acids is 1. The fourth-order valence-electron chi connectivity index (χ4n) is 3.54. The summed E-state index contributed by atoms with van der Waals surface area (Å²) in [5, 5.41) is 19.1. The molecule has 8 heteroatoms. The van der Waals surface area contributed by atoms with Gasteiger partial charge in [-0.25, -0.2) is 4.98 Å². The molecular formula is C20H19N5O3. The van der Waals surface area contributed by atoms with Crippen molar-refractivity contribution in [1.29, 1.82) is 0 Å². The van der Waals surface area contributed by atoms with E-state index in [1.165, 1.54) is 0 Å². The molecule has 1 fully saturated rings. The predicted molar refractivity (Wildman–Crippen MR) is 102 cm³/mol. The van der Waals surface area contributed by atoms with E-state index >= 15 is 0 Å². The molecule has 28 heavy (non-hydrogen) atoms. The minimum atomic E-state index is -0.935. The van der Waals surface area contributed by atoms with Gasteiger partial charge in [0.2, 0.25) is 5.91 Å². The Bertz CT molecular complexity index is 1030. The van der Waals surface area contributed by atoms with Gasteiger partial charge in [-0.2, -0.15) is 5.10 Å². The first kappa shape index (κ1) is 17.8. The molecule has 0 saturated heterocycles. The second-order valence-electron chi connectivity index (χ2n) is 7.43. The Kier molecular flexibility index (Phi) is 4.18. The molecule has 0 unspecified atom stereocenters. The van der Waals surface area contributed by atoms with E-state index in [4.69, 9.17) is 0 Å². The van der Waals surface area contributed by atoms with Crippen LogP contribution in [0.5, 0.6) is 0 Å². The van der Waals surface area contributed by atoms with Crippen molar-refractivity contribution >= 4 is 17.6 Å². The Hall–Kier alpha value is -3.55. The number of pyridine rings is 1. The largest absolute Gasteiger partial charge is 0.481 e. The lowest BCUT2D eigenvalue weighted by Crippen LogP contribution is -2.17. The molecule has 2 atom stereocenters. The molecule has 1 amide bonds. The number of aliphatic carboxylic acids is 1. The van der Waals surface area contributed by atoms with Gasteiger partial charge in [0.05, 0.1) is 11.8 Å². The van der Waals surface area contributed by atoms with Crippen LogP contribution in [-0.4, -0.2) is 37.1 Å². The minimum absolute atomic E-state index is 0.275. The fraction of sp³-hybridized carbons (Fsp3) is 0.250. The zero-order valence-corrected chi connectivity index (χ0v) is 15.4. The van der Waals surface area contributed by atoms with Gasteiger partial charge in [0, 0.05) is 29.2 Å². The molecule has 2 aromatic heterocycles. The highest BCUT2D eigenvalue weighted by Gasteiger charge is 2.65. The SMILES string of the molecule is CC1(C)[C@@H](C(=O)O)[C@@H]1C(=O)Nc1ccc(-c2n[nH]c(-c3ccncc3)n2)cc1. The number of amides is 1. The van der Waals surface area contributed by atoms with Crippen molar-refractivity contribution in [3.8, 4) is 22.8 Å². The normalized spacial score (nSPS) is 19.8. The molecule has 1 aliphatic carbocycles. The number of hydrogen-bond donors (Lipinski definition) is 3. The van der Waals surface area contributed by atoms with Crippen LogP contribution in [0.2, 0.25) is 0 Å². The second kappa shape index (κ2) is 6.56. The number of carboxylic acids is 1. The van der Waals surface area contributed by atoms with Crippen LogP contribution in [0.4, 0.5) is 5.69 Å². The first-order valence-electron chi connectivity index (χ1n) is 8.85. The van der Waals surface area contributed by atoms with Crippen LogP contribution in [0.1, 0.15) is 13.8 Å². The second-order valence-corrected chi connectivity index (χ2v) is 7.43. The zero-order chi connectivity index (χ0) is 19.9. The van der Waals surface area contributed by atoms with Gasteiger partial charge in [-0.1, -0.05) is 13.8 Å². The molecule has 1 saturated carbocycles. The number of anilines is 1. The van der Waals surface area contributed by atoms with Crippen molar-refractivity contribution in [2.24, 2.45) is 17.3 Å². The van der Waals surface area contributed by atoms with Crippen molar-refractivity contribution < 1.29 is 14.7 Å². The van der Waals surface area contributed by atoms with Gasteiger partial charge >= 0.3 is 5.97 Å². The molecule has 4 rings (SSSR count). The van der Waals surface area contributed by atoms with Gasteiger partial charge in [0.15, 0.2) is 11.6 Å². The number of rotatable bonds is 5. The average molecular weight is 377 g/mol. The van der Waals surface area contributed by atoms with E-state index in [1.54, 1.807) is 38.4 Å². The Morgan fingerprint density at radius 1 is 1.04 bits per heavy atom. The highest BCUT2D eigenvalue weighted by Crippen LogP contribution is 2.58. The number of aromatic nitrogens is 4. The van der Waals surface area contributed by atoms with Crippen molar-refractivity contribution in [1.82, 2.24) is 20.2 Å². The van der Waals surface area contributed by atoms with Gasteiger partial charge < -0.3 is 10.4 Å². The number of carboxylic acid groups (broad SMARTS) is 1. The number of benzene rings is 1. The van der Waals surface area contributed by atoms with Gasteiger partial charge in [0.25, 0.3) is 0 Å². The number of hydrogen-bond acceptors (Lipinski definition) is 5. The van der Waals surface area contributed by atoms with E-state index in [9.17, 15) is 14.7 Å². The first-order valence-corrected chi connectivity index (χ1v) is 8.85.